The third-order valence-corrected chi connectivity index (χ3v) is 3.54. The molecule has 1 fully saturated rings. The van der Waals surface area contributed by atoms with E-state index in [-0.39, 0.29) is 0 Å². The van der Waals surface area contributed by atoms with Gasteiger partial charge in [0.25, 0.3) is 0 Å². The summed E-state index contributed by atoms with van der Waals surface area (Å²) in [4.78, 5) is 2.30. The van der Waals surface area contributed by atoms with Crippen LogP contribution in [0.15, 0.2) is 18.2 Å². The van der Waals surface area contributed by atoms with Crippen molar-refractivity contribution in [2.24, 2.45) is 0 Å². The van der Waals surface area contributed by atoms with Crippen LogP contribution in [0.1, 0.15) is 17.5 Å². The molecule has 1 aliphatic rings. The average Bonchev–Trinajstić information content (AvgIpc) is 2.64. The Morgan fingerprint density at radius 1 is 1.20 bits per heavy atom. The molecule has 0 unspecified atom stereocenters. The van der Waals surface area contributed by atoms with Crippen molar-refractivity contribution in [3.63, 3.8) is 0 Å². The first-order valence-electron chi connectivity index (χ1n) is 7.46. The van der Waals surface area contributed by atoms with Crippen LogP contribution in [0.4, 0.5) is 0 Å². The highest BCUT2D eigenvalue weighted by atomic mass is 16.5. The molecule has 4 heteroatoms. The quantitative estimate of drug-likeness (QED) is 0.853. The van der Waals surface area contributed by atoms with Gasteiger partial charge in [-0.1, -0.05) is 6.07 Å². The summed E-state index contributed by atoms with van der Waals surface area (Å²) in [5, 5.41) is 13.5. The lowest BCUT2D eigenvalue weighted by Gasteiger charge is -2.23. The molecule has 112 valence electrons. The molecule has 1 aliphatic heterocycles. The molecule has 0 amide bonds. The van der Waals surface area contributed by atoms with Gasteiger partial charge >= 0.3 is 0 Å². The van der Waals surface area contributed by atoms with E-state index in [0.717, 1.165) is 38.3 Å². The van der Waals surface area contributed by atoms with Gasteiger partial charge in [0.1, 0.15) is 18.5 Å². The van der Waals surface area contributed by atoms with Crippen LogP contribution in [0.3, 0.4) is 0 Å². The van der Waals surface area contributed by atoms with Gasteiger partial charge in [-0.15, -0.1) is 0 Å². The predicted octanol–water partition coefficient (Wildman–Crippen LogP) is 1.34. The molecule has 0 spiro atoms. The van der Waals surface area contributed by atoms with Crippen molar-refractivity contribution in [2.45, 2.75) is 26.4 Å². The number of rotatable bonds is 5. The zero-order valence-corrected chi connectivity index (χ0v) is 12.6. The largest absolute Gasteiger partial charge is 0.491 e. The minimum atomic E-state index is -0.436. The molecule has 1 aromatic carbocycles. The summed E-state index contributed by atoms with van der Waals surface area (Å²) in [6, 6.07) is 6.14. The molecule has 2 N–H and O–H groups in total. The van der Waals surface area contributed by atoms with Crippen molar-refractivity contribution >= 4 is 0 Å². The molecule has 1 aromatic rings. The van der Waals surface area contributed by atoms with E-state index in [4.69, 9.17) is 4.74 Å². The van der Waals surface area contributed by atoms with Gasteiger partial charge in [0.15, 0.2) is 0 Å². The summed E-state index contributed by atoms with van der Waals surface area (Å²) in [6.45, 7) is 9.28. The number of nitrogens with one attached hydrogen (secondary N) is 1. The monoisotopic (exact) mass is 278 g/mol. The summed E-state index contributed by atoms with van der Waals surface area (Å²) >= 11 is 0. The lowest BCUT2D eigenvalue weighted by Crippen LogP contribution is -2.37. The maximum absolute atomic E-state index is 10.1. The van der Waals surface area contributed by atoms with E-state index in [0.29, 0.717) is 13.2 Å². The number of benzene rings is 1. The van der Waals surface area contributed by atoms with Crippen molar-refractivity contribution in [3.05, 3.63) is 29.3 Å². The second-order valence-electron chi connectivity index (χ2n) is 5.69. The Balaban J connectivity index is 1.77. The highest BCUT2D eigenvalue weighted by Crippen LogP contribution is 2.16. The number of hydrogen-bond donors (Lipinski definition) is 2. The molecular weight excluding hydrogens is 252 g/mol. The van der Waals surface area contributed by atoms with Gasteiger partial charge in [-0.3, -0.25) is 4.90 Å². The Morgan fingerprint density at radius 3 is 2.70 bits per heavy atom. The van der Waals surface area contributed by atoms with Crippen molar-refractivity contribution in [2.75, 3.05) is 39.3 Å². The van der Waals surface area contributed by atoms with Crippen LogP contribution >= 0.6 is 0 Å². The second-order valence-corrected chi connectivity index (χ2v) is 5.69. The molecule has 4 nitrogen and oxygen atoms in total. The topological polar surface area (TPSA) is 44.7 Å². The smallest absolute Gasteiger partial charge is 0.119 e. The minimum Gasteiger partial charge on any atom is -0.491 e. The van der Waals surface area contributed by atoms with Gasteiger partial charge in [0.2, 0.25) is 0 Å². The number of aryl methyl sites for hydroxylation is 2. The van der Waals surface area contributed by atoms with E-state index in [9.17, 15) is 5.11 Å². The summed E-state index contributed by atoms with van der Waals surface area (Å²) in [7, 11) is 0. The fraction of sp³-hybridized carbons (Fsp3) is 0.625. The standard InChI is InChI=1S/C16H26N2O2/c1-13-8-14(2)10-16(9-13)20-12-15(19)11-18-6-3-4-17-5-7-18/h8-10,15,17,19H,3-7,11-12H2,1-2H3/t15-/m0/s1. The minimum absolute atomic E-state index is 0.354. The second kappa shape index (κ2) is 7.62. The van der Waals surface area contributed by atoms with Crippen molar-refractivity contribution in [1.82, 2.24) is 10.2 Å². The maximum atomic E-state index is 10.1. The van der Waals surface area contributed by atoms with Crippen molar-refractivity contribution in [3.8, 4) is 5.75 Å². The average molecular weight is 278 g/mol. The molecule has 1 heterocycles. The molecule has 0 radical (unpaired) electrons. The Kier molecular flexibility index (Phi) is 5.83. The van der Waals surface area contributed by atoms with E-state index in [2.05, 4.69) is 30.1 Å². The third kappa shape index (κ3) is 5.12. The summed E-state index contributed by atoms with van der Waals surface area (Å²) < 4.78 is 5.71. The number of hydrogen-bond acceptors (Lipinski definition) is 4. The maximum Gasteiger partial charge on any atom is 0.119 e. The fourth-order valence-corrected chi connectivity index (χ4v) is 2.64. The van der Waals surface area contributed by atoms with Crippen LogP contribution < -0.4 is 10.1 Å². The number of ether oxygens (including phenoxy) is 1. The van der Waals surface area contributed by atoms with Gasteiger partial charge in [-0.2, -0.15) is 0 Å². The molecule has 2 rings (SSSR count). The molecule has 0 saturated carbocycles. The first kappa shape index (κ1) is 15.3. The van der Waals surface area contributed by atoms with Crippen molar-refractivity contribution < 1.29 is 9.84 Å². The highest BCUT2D eigenvalue weighted by Gasteiger charge is 2.14. The number of aliphatic hydroxyl groups excluding tert-OH is 1. The predicted molar refractivity (Wildman–Crippen MR) is 81.3 cm³/mol. The van der Waals surface area contributed by atoms with Crippen LogP contribution in [0.25, 0.3) is 0 Å². The Hall–Kier alpha value is -1.10. The van der Waals surface area contributed by atoms with Crippen molar-refractivity contribution in [1.29, 1.82) is 0 Å². The zero-order valence-electron chi connectivity index (χ0n) is 12.6. The zero-order chi connectivity index (χ0) is 14.4. The Labute approximate surface area is 121 Å². The van der Waals surface area contributed by atoms with E-state index in [1.807, 2.05) is 12.1 Å². The van der Waals surface area contributed by atoms with E-state index < -0.39 is 6.10 Å². The molecular formula is C16H26N2O2. The van der Waals surface area contributed by atoms with Gasteiger partial charge in [-0.25, -0.2) is 0 Å². The summed E-state index contributed by atoms with van der Waals surface area (Å²) in [5.41, 5.74) is 2.38. The van der Waals surface area contributed by atoms with Gasteiger partial charge in [0, 0.05) is 19.6 Å². The van der Waals surface area contributed by atoms with Crippen LogP contribution in [-0.4, -0.2) is 55.4 Å². The van der Waals surface area contributed by atoms with E-state index in [1.54, 1.807) is 0 Å². The van der Waals surface area contributed by atoms with Crippen LogP contribution in [0, 0.1) is 13.8 Å². The number of nitrogens with zero attached hydrogens (tertiary/aromatic N) is 1. The lowest BCUT2D eigenvalue weighted by molar-refractivity contribution is 0.0703. The third-order valence-electron chi connectivity index (χ3n) is 3.54. The normalized spacial score (nSPS) is 18.6. The summed E-state index contributed by atoms with van der Waals surface area (Å²) in [5.74, 6) is 0.846. The number of aliphatic hydroxyl groups is 1. The number of β-amino-alcohol motifs (C(OH)–C–C–N with tert-alkyl or cyclic N) is 1. The van der Waals surface area contributed by atoms with Gasteiger partial charge < -0.3 is 15.2 Å². The Morgan fingerprint density at radius 2 is 1.95 bits per heavy atom. The molecule has 0 bridgehead atoms. The SMILES string of the molecule is Cc1cc(C)cc(OC[C@@H](O)CN2CCCNCC2)c1. The molecule has 20 heavy (non-hydrogen) atoms. The van der Waals surface area contributed by atoms with Gasteiger partial charge in [-0.05, 0) is 56.6 Å². The van der Waals surface area contributed by atoms with E-state index in [1.165, 1.54) is 11.1 Å². The van der Waals surface area contributed by atoms with E-state index >= 15 is 0 Å². The van der Waals surface area contributed by atoms with Gasteiger partial charge in [0.05, 0.1) is 0 Å². The summed E-state index contributed by atoms with van der Waals surface area (Å²) in [6.07, 6.45) is 0.707. The lowest BCUT2D eigenvalue weighted by atomic mass is 10.1. The first-order chi connectivity index (χ1) is 9.63. The fourth-order valence-electron chi connectivity index (χ4n) is 2.64. The first-order valence-corrected chi connectivity index (χ1v) is 7.46. The highest BCUT2D eigenvalue weighted by molar-refractivity contribution is 5.32. The Bertz CT molecular complexity index is 395. The molecule has 0 aliphatic carbocycles. The molecule has 1 saturated heterocycles. The molecule has 1 atom stereocenters. The molecule has 0 aromatic heterocycles. The van der Waals surface area contributed by atoms with Crippen LogP contribution in [0.2, 0.25) is 0 Å². The van der Waals surface area contributed by atoms with Crippen LogP contribution in [0.5, 0.6) is 5.75 Å². The van der Waals surface area contributed by atoms with Crippen LogP contribution in [-0.2, 0) is 0 Å².